The Morgan fingerprint density at radius 3 is 2.50 bits per heavy atom. The van der Waals surface area contributed by atoms with Crippen molar-refractivity contribution in [2.45, 2.75) is 12.3 Å². The first-order valence-corrected chi connectivity index (χ1v) is 7.73. The maximum absolute atomic E-state index is 11.9. The lowest BCUT2D eigenvalue weighted by atomic mass is 10.2. The van der Waals surface area contributed by atoms with Crippen LogP contribution in [-0.2, 0) is 22.3 Å². The second-order valence-electron chi connectivity index (χ2n) is 4.29. The Morgan fingerprint density at radius 2 is 1.90 bits per heavy atom. The highest BCUT2D eigenvalue weighted by Crippen LogP contribution is 2.11. The molecule has 1 aromatic heterocycles. The van der Waals surface area contributed by atoms with Gasteiger partial charge in [-0.15, -0.1) is 0 Å². The van der Waals surface area contributed by atoms with Crippen molar-refractivity contribution >= 4 is 10.0 Å². The molecule has 2 rings (SSSR count). The molecular formula is C14H16N2O3S. The molecule has 0 saturated carbocycles. The van der Waals surface area contributed by atoms with Gasteiger partial charge in [-0.3, -0.25) is 4.98 Å². The second-order valence-corrected chi connectivity index (χ2v) is 6.10. The zero-order chi connectivity index (χ0) is 14.4. The van der Waals surface area contributed by atoms with Gasteiger partial charge >= 0.3 is 0 Å². The van der Waals surface area contributed by atoms with Gasteiger partial charge in [-0.2, -0.15) is 0 Å². The number of sulfonamides is 1. The number of ether oxygens (including phenoxy) is 1. The molecule has 0 atom stereocenters. The monoisotopic (exact) mass is 292 g/mol. The third kappa shape index (κ3) is 4.32. The van der Waals surface area contributed by atoms with E-state index >= 15 is 0 Å². The van der Waals surface area contributed by atoms with Crippen LogP contribution in [0.1, 0.15) is 11.1 Å². The summed E-state index contributed by atoms with van der Waals surface area (Å²) < 4.78 is 31.5. The van der Waals surface area contributed by atoms with E-state index in [-0.39, 0.29) is 12.3 Å². The number of benzene rings is 1. The molecule has 0 aliphatic carbocycles. The lowest BCUT2D eigenvalue weighted by molar-refractivity contribution is 0.414. The van der Waals surface area contributed by atoms with Gasteiger partial charge in [0.25, 0.3) is 0 Å². The Morgan fingerprint density at radius 1 is 1.15 bits per heavy atom. The SMILES string of the molecule is COc1ccc(CNS(=O)(=O)Cc2cccnc2)cc1. The molecular weight excluding hydrogens is 276 g/mol. The highest BCUT2D eigenvalue weighted by Gasteiger charge is 2.11. The fourth-order valence-electron chi connectivity index (χ4n) is 1.69. The summed E-state index contributed by atoms with van der Waals surface area (Å²) in [5.41, 5.74) is 1.54. The first kappa shape index (κ1) is 14.5. The molecule has 0 radical (unpaired) electrons. The van der Waals surface area contributed by atoms with Crippen molar-refractivity contribution in [1.29, 1.82) is 0 Å². The summed E-state index contributed by atoms with van der Waals surface area (Å²) in [6, 6.07) is 10.7. The number of aromatic nitrogens is 1. The van der Waals surface area contributed by atoms with Crippen LogP contribution in [0, 0.1) is 0 Å². The Hall–Kier alpha value is -1.92. The summed E-state index contributed by atoms with van der Waals surface area (Å²) in [5.74, 6) is 0.670. The molecule has 0 fully saturated rings. The van der Waals surface area contributed by atoms with E-state index in [1.54, 1.807) is 43.8 Å². The van der Waals surface area contributed by atoms with Gasteiger partial charge in [0.2, 0.25) is 10.0 Å². The number of methoxy groups -OCH3 is 1. The average molecular weight is 292 g/mol. The van der Waals surface area contributed by atoms with Crippen LogP contribution in [0.2, 0.25) is 0 Å². The Bertz CT molecular complexity index is 640. The minimum Gasteiger partial charge on any atom is -0.497 e. The standard InChI is InChI=1S/C14H16N2O3S/c1-19-14-6-4-12(5-7-14)10-16-20(17,18)11-13-3-2-8-15-9-13/h2-9,16H,10-11H2,1H3. The lowest BCUT2D eigenvalue weighted by Crippen LogP contribution is -2.24. The van der Waals surface area contributed by atoms with Gasteiger partial charge in [-0.1, -0.05) is 18.2 Å². The number of rotatable bonds is 6. The molecule has 1 aromatic carbocycles. The van der Waals surface area contributed by atoms with Crippen molar-refractivity contribution in [3.8, 4) is 5.75 Å². The molecule has 0 aliphatic rings. The number of nitrogens with one attached hydrogen (secondary N) is 1. The molecule has 20 heavy (non-hydrogen) atoms. The van der Waals surface area contributed by atoms with Crippen LogP contribution < -0.4 is 9.46 Å². The quantitative estimate of drug-likeness (QED) is 0.880. The van der Waals surface area contributed by atoms with Crippen molar-refractivity contribution < 1.29 is 13.2 Å². The average Bonchev–Trinajstić information content (AvgIpc) is 2.46. The van der Waals surface area contributed by atoms with Crippen LogP contribution in [-0.4, -0.2) is 20.5 Å². The largest absolute Gasteiger partial charge is 0.497 e. The first-order chi connectivity index (χ1) is 9.59. The minimum atomic E-state index is -3.37. The summed E-state index contributed by atoms with van der Waals surface area (Å²) in [4.78, 5) is 3.90. The Balaban J connectivity index is 1.95. The van der Waals surface area contributed by atoms with Gasteiger partial charge in [0.15, 0.2) is 0 Å². The van der Waals surface area contributed by atoms with Crippen LogP contribution in [0.4, 0.5) is 0 Å². The number of pyridine rings is 1. The van der Waals surface area contributed by atoms with Crippen molar-refractivity contribution in [3.05, 3.63) is 59.9 Å². The molecule has 2 aromatic rings. The number of hydrogen-bond donors (Lipinski definition) is 1. The second kappa shape index (κ2) is 6.49. The van der Waals surface area contributed by atoms with Gasteiger partial charge in [0.05, 0.1) is 12.9 Å². The highest BCUT2D eigenvalue weighted by atomic mass is 32.2. The molecule has 0 aliphatic heterocycles. The number of hydrogen-bond acceptors (Lipinski definition) is 4. The van der Waals surface area contributed by atoms with E-state index in [0.29, 0.717) is 5.56 Å². The maximum Gasteiger partial charge on any atom is 0.216 e. The molecule has 0 spiro atoms. The summed E-state index contributed by atoms with van der Waals surface area (Å²) in [6.07, 6.45) is 3.16. The summed E-state index contributed by atoms with van der Waals surface area (Å²) in [6.45, 7) is 0.257. The Kier molecular flexibility index (Phi) is 4.70. The molecule has 0 amide bonds. The van der Waals surface area contributed by atoms with Gasteiger partial charge < -0.3 is 4.74 Å². The summed E-state index contributed by atoms with van der Waals surface area (Å²) in [7, 11) is -1.78. The van der Waals surface area contributed by atoms with Crippen molar-refractivity contribution in [2.75, 3.05) is 7.11 Å². The Labute approximate surface area is 118 Å². The van der Waals surface area contributed by atoms with Crippen LogP contribution in [0.15, 0.2) is 48.8 Å². The highest BCUT2D eigenvalue weighted by molar-refractivity contribution is 7.88. The normalized spacial score (nSPS) is 11.2. The lowest BCUT2D eigenvalue weighted by Gasteiger charge is -2.07. The van der Waals surface area contributed by atoms with E-state index in [4.69, 9.17) is 4.74 Å². The van der Waals surface area contributed by atoms with Gasteiger partial charge in [0, 0.05) is 18.9 Å². The third-order valence-electron chi connectivity index (χ3n) is 2.73. The van der Waals surface area contributed by atoms with E-state index in [2.05, 4.69) is 9.71 Å². The molecule has 1 heterocycles. The molecule has 5 nitrogen and oxygen atoms in total. The number of nitrogens with zero attached hydrogens (tertiary/aromatic N) is 1. The van der Waals surface area contributed by atoms with Crippen LogP contribution in [0.3, 0.4) is 0 Å². The van der Waals surface area contributed by atoms with Crippen LogP contribution in [0.5, 0.6) is 5.75 Å². The molecule has 6 heteroatoms. The van der Waals surface area contributed by atoms with E-state index in [9.17, 15) is 8.42 Å². The van der Waals surface area contributed by atoms with Crippen LogP contribution >= 0.6 is 0 Å². The van der Waals surface area contributed by atoms with Gasteiger partial charge in [-0.05, 0) is 29.3 Å². The molecule has 1 N–H and O–H groups in total. The van der Waals surface area contributed by atoms with Crippen molar-refractivity contribution in [1.82, 2.24) is 9.71 Å². The minimum absolute atomic E-state index is 0.0724. The molecule has 0 unspecified atom stereocenters. The van der Waals surface area contributed by atoms with E-state index in [1.165, 1.54) is 0 Å². The fraction of sp³-hybridized carbons (Fsp3) is 0.214. The van der Waals surface area contributed by atoms with Crippen LogP contribution in [0.25, 0.3) is 0 Å². The first-order valence-electron chi connectivity index (χ1n) is 6.08. The maximum atomic E-state index is 11.9. The smallest absolute Gasteiger partial charge is 0.216 e. The van der Waals surface area contributed by atoms with Crippen molar-refractivity contribution in [3.63, 3.8) is 0 Å². The predicted octanol–water partition coefficient (Wildman–Crippen LogP) is 1.71. The molecule has 0 bridgehead atoms. The fourth-order valence-corrected chi connectivity index (χ4v) is 2.79. The topological polar surface area (TPSA) is 68.3 Å². The predicted molar refractivity (Wildman–Crippen MR) is 76.7 cm³/mol. The van der Waals surface area contributed by atoms with Crippen molar-refractivity contribution in [2.24, 2.45) is 0 Å². The zero-order valence-electron chi connectivity index (χ0n) is 11.1. The van der Waals surface area contributed by atoms with Gasteiger partial charge in [0.1, 0.15) is 5.75 Å². The summed E-state index contributed by atoms with van der Waals surface area (Å²) >= 11 is 0. The molecule has 0 saturated heterocycles. The summed E-state index contributed by atoms with van der Waals surface area (Å²) in [5, 5.41) is 0. The zero-order valence-corrected chi connectivity index (χ0v) is 11.9. The van der Waals surface area contributed by atoms with E-state index in [1.807, 2.05) is 12.1 Å². The van der Waals surface area contributed by atoms with Gasteiger partial charge in [-0.25, -0.2) is 13.1 Å². The van der Waals surface area contributed by atoms with E-state index < -0.39 is 10.0 Å². The molecule has 106 valence electrons. The van der Waals surface area contributed by atoms with E-state index in [0.717, 1.165) is 11.3 Å². The third-order valence-corrected chi connectivity index (χ3v) is 4.03.